The Morgan fingerprint density at radius 3 is 2.20 bits per heavy atom. The van der Waals surface area contributed by atoms with Gasteiger partial charge in [-0.3, -0.25) is 14.4 Å². The standard InChI is InChI=1S/C23H16ClFN2O3/c24-15-12-10-14(11-13-15)20-19-21(30-27(20)16-6-2-1-3-7-16)23(29)26(22(19)28)18-9-5-4-8-17(18)25/h1-13,19-21H/t19-,20-,21-/m1/s1. The summed E-state index contributed by atoms with van der Waals surface area (Å²) in [5.74, 6) is -2.53. The number of amides is 2. The number of anilines is 2. The summed E-state index contributed by atoms with van der Waals surface area (Å²) < 4.78 is 14.4. The van der Waals surface area contributed by atoms with Crippen molar-refractivity contribution in [2.75, 3.05) is 9.96 Å². The fourth-order valence-corrected chi connectivity index (χ4v) is 4.21. The highest BCUT2D eigenvalue weighted by Gasteiger charge is 2.60. The molecule has 5 rings (SSSR count). The Morgan fingerprint density at radius 2 is 1.50 bits per heavy atom. The van der Waals surface area contributed by atoms with E-state index in [1.165, 1.54) is 18.2 Å². The fourth-order valence-electron chi connectivity index (χ4n) is 4.08. The van der Waals surface area contributed by atoms with Crippen LogP contribution in [0.15, 0.2) is 78.9 Å². The second kappa shape index (κ2) is 7.23. The summed E-state index contributed by atoms with van der Waals surface area (Å²) in [6.07, 6.45) is -1.04. The number of hydroxylamine groups is 1. The highest BCUT2D eigenvalue weighted by Crippen LogP contribution is 2.47. The van der Waals surface area contributed by atoms with Crippen molar-refractivity contribution in [1.82, 2.24) is 0 Å². The van der Waals surface area contributed by atoms with Gasteiger partial charge in [-0.15, -0.1) is 0 Å². The van der Waals surface area contributed by atoms with E-state index < -0.39 is 35.7 Å². The van der Waals surface area contributed by atoms with Crippen molar-refractivity contribution >= 4 is 34.8 Å². The molecule has 7 heteroatoms. The van der Waals surface area contributed by atoms with E-state index in [0.29, 0.717) is 10.7 Å². The highest BCUT2D eigenvalue weighted by molar-refractivity contribution is 6.30. The maximum absolute atomic E-state index is 14.4. The monoisotopic (exact) mass is 422 g/mol. The first-order valence-electron chi connectivity index (χ1n) is 9.45. The molecule has 30 heavy (non-hydrogen) atoms. The zero-order chi connectivity index (χ0) is 20.8. The van der Waals surface area contributed by atoms with E-state index >= 15 is 0 Å². The van der Waals surface area contributed by atoms with E-state index in [1.54, 1.807) is 35.4 Å². The summed E-state index contributed by atoms with van der Waals surface area (Å²) >= 11 is 6.04. The average Bonchev–Trinajstić information content (AvgIpc) is 3.26. The maximum atomic E-state index is 14.4. The average molecular weight is 423 g/mol. The third-order valence-electron chi connectivity index (χ3n) is 5.43. The van der Waals surface area contributed by atoms with Crippen molar-refractivity contribution in [3.8, 4) is 0 Å². The quantitative estimate of drug-likeness (QED) is 0.582. The van der Waals surface area contributed by atoms with E-state index in [1.807, 2.05) is 30.3 Å². The predicted molar refractivity (Wildman–Crippen MR) is 110 cm³/mol. The third-order valence-corrected chi connectivity index (χ3v) is 5.68. The lowest BCUT2D eigenvalue weighted by Crippen LogP contribution is -2.37. The molecule has 2 amide bonds. The van der Waals surface area contributed by atoms with E-state index in [2.05, 4.69) is 0 Å². The first-order chi connectivity index (χ1) is 14.6. The Balaban J connectivity index is 1.60. The van der Waals surface area contributed by atoms with Crippen molar-refractivity contribution < 1.29 is 18.8 Å². The fraction of sp³-hybridized carbons (Fsp3) is 0.130. The van der Waals surface area contributed by atoms with Crippen LogP contribution in [0.3, 0.4) is 0 Å². The number of hydrogen-bond acceptors (Lipinski definition) is 4. The van der Waals surface area contributed by atoms with E-state index in [0.717, 1.165) is 10.5 Å². The van der Waals surface area contributed by atoms with Gasteiger partial charge in [0.2, 0.25) is 5.91 Å². The molecule has 0 unspecified atom stereocenters. The summed E-state index contributed by atoms with van der Waals surface area (Å²) in [5, 5.41) is 2.15. The molecule has 0 radical (unpaired) electrons. The van der Waals surface area contributed by atoms with Gasteiger partial charge in [-0.25, -0.2) is 14.4 Å². The lowest BCUT2D eigenvalue weighted by Gasteiger charge is -2.28. The van der Waals surface area contributed by atoms with Crippen LogP contribution >= 0.6 is 11.6 Å². The summed E-state index contributed by atoms with van der Waals surface area (Å²) in [6.45, 7) is 0. The van der Waals surface area contributed by atoms with E-state index in [4.69, 9.17) is 16.4 Å². The molecular formula is C23H16ClFN2O3. The van der Waals surface area contributed by atoms with Gasteiger partial charge in [0.05, 0.1) is 17.4 Å². The Bertz CT molecular complexity index is 1120. The van der Waals surface area contributed by atoms with Crippen molar-refractivity contribution in [1.29, 1.82) is 0 Å². The van der Waals surface area contributed by atoms with Crippen LogP contribution in [0, 0.1) is 11.7 Å². The molecule has 0 aliphatic carbocycles. The molecule has 5 nitrogen and oxygen atoms in total. The Kier molecular flexibility index (Phi) is 4.53. The number of carbonyl (C=O) groups is 2. The van der Waals surface area contributed by atoms with E-state index in [9.17, 15) is 14.0 Å². The van der Waals surface area contributed by atoms with Gasteiger partial charge >= 0.3 is 0 Å². The summed E-state index contributed by atoms with van der Waals surface area (Å²) in [6, 6.07) is 21.5. The molecule has 2 aliphatic heterocycles. The lowest BCUT2D eigenvalue weighted by atomic mass is 9.90. The van der Waals surface area contributed by atoms with Crippen LogP contribution in [0.4, 0.5) is 15.8 Å². The van der Waals surface area contributed by atoms with Gasteiger partial charge in [0.15, 0.2) is 6.10 Å². The molecule has 3 aromatic rings. The number of hydrogen-bond donors (Lipinski definition) is 0. The molecule has 3 atom stereocenters. The smallest absolute Gasteiger partial charge is 0.266 e. The summed E-state index contributed by atoms with van der Waals surface area (Å²) in [7, 11) is 0. The van der Waals surface area contributed by atoms with Gasteiger partial charge in [0.1, 0.15) is 11.7 Å². The zero-order valence-electron chi connectivity index (χ0n) is 15.6. The van der Waals surface area contributed by atoms with Gasteiger partial charge in [-0.2, -0.15) is 0 Å². The molecule has 2 heterocycles. The molecule has 2 saturated heterocycles. The number of halogens is 2. The summed E-state index contributed by atoms with van der Waals surface area (Å²) in [4.78, 5) is 33.4. The van der Waals surface area contributed by atoms with Crippen LogP contribution in [0.5, 0.6) is 0 Å². The van der Waals surface area contributed by atoms with Gasteiger partial charge < -0.3 is 0 Å². The Labute approximate surface area is 177 Å². The van der Waals surface area contributed by atoms with Gasteiger partial charge in [0.25, 0.3) is 5.91 Å². The predicted octanol–water partition coefficient (Wildman–Crippen LogP) is 4.53. The van der Waals surface area contributed by atoms with Crippen molar-refractivity contribution in [3.63, 3.8) is 0 Å². The van der Waals surface area contributed by atoms with Gasteiger partial charge in [0, 0.05) is 5.02 Å². The van der Waals surface area contributed by atoms with E-state index in [-0.39, 0.29) is 5.69 Å². The van der Waals surface area contributed by atoms with Crippen LogP contribution in [0.1, 0.15) is 11.6 Å². The molecule has 3 aromatic carbocycles. The number of fused-ring (bicyclic) bond motifs is 1. The largest absolute Gasteiger partial charge is 0.273 e. The van der Waals surface area contributed by atoms with Crippen molar-refractivity contribution in [2.45, 2.75) is 12.1 Å². The van der Waals surface area contributed by atoms with Crippen LogP contribution in [0.2, 0.25) is 5.02 Å². The molecule has 0 spiro atoms. The molecule has 0 bridgehead atoms. The molecule has 0 saturated carbocycles. The first-order valence-corrected chi connectivity index (χ1v) is 9.83. The number of carbonyl (C=O) groups excluding carboxylic acids is 2. The minimum absolute atomic E-state index is 0.0633. The molecule has 0 N–H and O–H groups in total. The molecule has 2 aliphatic rings. The number of imide groups is 1. The van der Waals surface area contributed by atoms with Crippen LogP contribution in [-0.4, -0.2) is 17.9 Å². The second-order valence-electron chi connectivity index (χ2n) is 7.17. The first kappa shape index (κ1) is 18.8. The maximum Gasteiger partial charge on any atom is 0.266 e. The normalized spacial score (nSPS) is 23.2. The van der Waals surface area contributed by atoms with Gasteiger partial charge in [-0.1, -0.05) is 54.1 Å². The van der Waals surface area contributed by atoms with Crippen LogP contribution in [0.25, 0.3) is 0 Å². The zero-order valence-corrected chi connectivity index (χ0v) is 16.4. The van der Waals surface area contributed by atoms with Gasteiger partial charge in [-0.05, 0) is 42.0 Å². The number of nitrogens with zero attached hydrogens (tertiary/aromatic N) is 2. The molecule has 2 fully saturated rings. The third kappa shape index (κ3) is 2.88. The molecule has 0 aromatic heterocycles. The SMILES string of the molecule is O=C1[C@@H]2[C@@H](c3ccc(Cl)cc3)N(c3ccccc3)O[C@H]2C(=O)N1c1ccccc1F. The summed E-state index contributed by atoms with van der Waals surface area (Å²) in [5.41, 5.74) is 1.42. The molecular weight excluding hydrogens is 407 g/mol. The topological polar surface area (TPSA) is 49.9 Å². The Hall–Kier alpha value is -3.22. The number of rotatable bonds is 3. The van der Waals surface area contributed by atoms with Crippen LogP contribution in [-0.2, 0) is 14.4 Å². The minimum atomic E-state index is -1.04. The second-order valence-corrected chi connectivity index (χ2v) is 7.61. The number of benzene rings is 3. The van der Waals surface area contributed by atoms with Crippen molar-refractivity contribution in [3.05, 3.63) is 95.3 Å². The van der Waals surface area contributed by atoms with Crippen LogP contribution < -0.4 is 9.96 Å². The van der Waals surface area contributed by atoms with Crippen molar-refractivity contribution in [2.24, 2.45) is 5.92 Å². The Morgan fingerprint density at radius 1 is 0.833 bits per heavy atom. The lowest BCUT2D eigenvalue weighted by molar-refractivity contribution is -0.126. The highest BCUT2D eigenvalue weighted by atomic mass is 35.5. The number of para-hydroxylation sites is 2. The molecule has 150 valence electrons. The minimum Gasteiger partial charge on any atom is -0.273 e.